The minimum atomic E-state index is -0.338. The standard InChI is InChI=1S/C22H19FN6O/c23-18-3-1-2-4-19(18)28-22-17-6-5-15(11-20(17)26-14-27-22)21-24-12-16(13-25-21)29-7-9-30-10-8-29/h1-6,11-14H,7-10H2,(H,26,27,28). The lowest BCUT2D eigenvalue weighted by Gasteiger charge is -2.28. The van der Waals surface area contributed by atoms with Crippen LogP contribution in [0.4, 0.5) is 21.6 Å². The summed E-state index contributed by atoms with van der Waals surface area (Å²) < 4.78 is 19.4. The van der Waals surface area contributed by atoms with E-state index in [2.05, 4.69) is 30.2 Å². The maximum absolute atomic E-state index is 14.0. The first-order chi connectivity index (χ1) is 14.8. The second-order valence-corrected chi connectivity index (χ2v) is 6.92. The van der Waals surface area contributed by atoms with E-state index in [9.17, 15) is 4.39 Å². The van der Waals surface area contributed by atoms with E-state index >= 15 is 0 Å². The molecule has 2 aromatic heterocycles. The van der Waals surface area contributed by atoms with Crippen molar-refractivity contribution in [1.82, 2.24) is 19.9 Å². The molecule has 2 aromatic carbocycles. The molecule has 0 spiro atoms. The van der Waals surface area contributed by atoms with Gasteiger partial charge in [0.1, 0.15) is 18.0 Å². The van der Waals surface area contributed by atoms with Crippen LogP contribution in [0.25, 0.3) is 22.3 Å². The Morgan fingerprint density at radius 1 is 0.933 bits per heavy atom. The molecule has 0 aliphatic carbocycles. The summed E-state index contributed by atoms with van der Waals surface area (Å²) in [5.41, 5.74) is 2.93. The van der Waals surface area contributed by atoms with Crippen molar-refractivity contribution in [3.63, 3.8) is 0 Å². The van der Waals surface area contributed by atoms with E-state index in [1.165, 1.54) is 12.4 Å². The van der Waals surface area contributed by atoms with Crippen LogP contribution in [0.15, 0.2) is 61.2 Å². The molecule has 1 saturated heterocycles. The molecule has 5 rings (SSSR count). The molecule has 0 bridgehead atoms. The molecular weight excluding hydrogens is 383 g/mol. The normalized spacial score (nSPS) is 14.1. The van der Waals surface area contributed by atoms with Gasteiger partial charge in [-0.25, -0.2) is 24.3 Å². The smallest absolute Gasteiger partial charge is 0.159 e. The fourth-order valence-corrected chi connectivity index (χ4v) is 3.44. The number of nitrogens with zero attached hydrogens (tertiary/aromatic N) is 5. The number of halogens is 1. The van der Waals surface area contributed by atoms with Crippen molar-refractivity contribution in [2.75, 3.05) is 36.5 Å². The lowest BCUT2D eigenvalue weighted by atomic mass is 10.1. The quantitative estimate of drug-likeness (QED) is 0.556. The Hall–Kier alpha value is -3.65. The molecule has 0 saturated carbocycles. The Morgan fingerprint density at radius 2 is 1.73 bits per heavy atom. The van der Waals surface area contributed by atoms with Crippen LogP contribution in [-0.4, -0.2) is 46.2 Å². The second-order valence-electron chi connectivity index (χ2n) is 6.92. The van der Waals surface area contributed by atoms with Gasteiger partial charge in [0.2, 0.25) is 0 Å². The summed E-state index contributed by atoms with van der Waals surface area (Å²) >= 11 is 0. The highest BCUT2D eigenvalue weighted by atomic mass is 19.1. The number of hydrogen-bond donors (Lipinski definition) is 1. The number of anilines is 3. The average Bonchev–Trinajstić information content (AvgIpc) is 2.81. The zero-order valence-electron chi connectivity index (χ0n) is 16.1. The van der Waals surface area contributed by atoms with Gasteiger partial charge in [-0.15, -0.1) is 0 Å². The minimum Gasteiger partial charge on any atom is -0.378 e. The van der Waals surface area contributed by atoms with Crippen LogP contribution in [0.5, 0.6) is 0 Å². The van der Waals surface area contributed by atoms with E-state index < -0.39 is 0 Å². The van der Waals surface area contributed by atoms with E-state index in [1.807, 2.05) is 30.6 Å². The van der Waals surface area contributed by atoms with Crippen LogP contribution in [0.3, 0.4) is 0 Å². The molecular formula is C22H19FN6O. The highest BCUT2D eigenvalue weighted by Gasteiger charge is 2.13. The summed E-state index contributed by atoms with van der Waals surface area (Å²) in [5.74, 6) is 0.825. The maximum Gasteiger partial charge on any atom is 0.159 e. The minimum absolute atomic E-state index is 0.338. The van der Waals surface area contributed by atoms with Crippen molar-refractivity contribution in [2.45, 2.75) is 0 Å². The number of rotatable bonds is 4. The van der Waals surface area contributed by atoms with Crippen molar-refractivity contribution in [2.24, 2.45) is 0 Å². The third kappa shape index (κ3) is 3.65. The lowest BCUT2D eigenvalue weighted by Crippen LogP contribution is -2.36. The first-order valence-electron chi connectivity index (χ1n) is 9.69. The predicted molar refractivity (Wildman–Crippen MR) is 113 cm³/mol. The van der Waals surface area contributed by atoms with Gasteiger partial charge in [-0.05, 0) is 24.3 Å². The molecule has 0 unspecified atom stereocenters. The molecule has 8 heteroatoms. The van der Waals surface area contributed by atoms with Gasteiger partial charge in [0.25, 0.3) is 0 Å². The molecule has 30 heavy (non-hydrogen) atoms. The fraction of sp³-hybridized carbons (Fsp3) is 0.182. The average molecular weight is 402 g/mol. The number of aromatic nitrogens is 4. The Bertz CT molecular complexity index is 1180. The van der Waals surface area contributed by atoms with Gasteiger partial charge in [-0.2, -0.15) is 0 Å². The van der Waals surface area contributed by atoms with Crippen LogP contribution < -0.4 is 10.2 Å². The third-order valence-corrected chi connectivity index (χ3v) is 5.04. The van der Waals surface area contributed by atoms with Crippen LogP contribution in [0, 0.1) is 5.82 Å². The predicted octanol–water partition coefficient (Wildman–Crippen LogP) is 3.81. The number of hydrogen-bond acceptors (Lipinski definition) is 7. The number of benzene rings is 2. The van der Waals surface area contributed by atoms with Crippen molar-refractivity contribution < 1.29 is 9.13 Å². The Kier molecular flexibility index (Phi) is 4.90. The third-order valence-electron chi connectivity index (χ3n) is 5.04. The molecule has 1 fully saturated rings. The molecule has 1 N–H and O–H groups in total. The number of nitrogens with one attached hydrogen (secondary N) is 1. The highest BCUT2D eigenvalue weighted by Crippen LogP contribution is 2.27. The SMILES string of the molecule is Fc1ccccc1Nc1ncnc2cc(-c3ncc(N4CCOCC4)cn3)ccc12. The number of ether oxygens (including phenoxy) is 1. The largest absolute Gasteiger partial charge is 0.378 e. The molecule has 0 amide bonds. The van der Waals surface area contributed by atoms with E-state index in [1.54, 1.807) is 18.2 Å². The first-order valence-corrected chi connectivity index (χ1v) is 9.69. The Morgan fingerprint density at radius 3 is 2.53 bits per heavy atom. The fourth-order valence-electron chi connectivity index (χ4n) is 3.44. The topological polar surface area (TPSA) is 76.1 Å². The zero-order valence-corrected chi connectivity index (χ0v) is 16.1. The van der Waals surface area contributed by atoms with Crippen LogP contribution in [0.2, 0.25) is 0 Å². The first kappa shape index (κ1) is 18.4. The zero-order chi connectivity index (χ0) is 20.3. The van der Waals surface area contributed by atoms with Crippen LogP contribution >= 0.6 is 0 Å². The molecule has 0 radical (unpaired) electrons. The molecule has 3 heterocycles. The Balaban J connectivity index is 1.43. The van der Waals surface area contributed by atoms with Crippen molar-refractivity contribution in [1.29, 1.82) is 0 Å². The second kappa shape index (κ2) is 8.00. The van der Waals surface area contributed by atoms with Crippen molar-refractivity contribution in [3.8, 4) is 11.4 Å². The monoisotopic (exact) mass is 402 g/mol. The van der Waals surface area contributed by atoms with E-state index in [0.717, 1.165) is 48.5 Å². The number of morpholine rings is 1. The number of para-hydroxylation sites is 1. The summed E-state index contributed by atoms with van der Waals surface area (Å²) in [6.45, 7) is 3.12. The van der Waals surface area contributed by atoms with Crippen molar-refractivity contribution >= 4 is 28.1 Å². The van der Waals surface area contributed by atoms with E-state index in [-0.39, 0.29) is 5.82 Å². The molecule has 150 valence electrons. The molecule has 1 aliphatic rings. The van der Waals surface area contributed by atoms with E-state index in [4.69, 9.17) is 4.74 Å². The molecule has 0 atom stereocenters. The maximum atomic E-state index is 14.0. The molecule has 4 aromatic rings. The van der Waals surface area contributed by atoms with Gasteiger partial charge in [-0.3, -0.25) is 0 Å². The molecule has 1 aliphatic heterocycles. The van der Waals surface area contributed by atoms with Crippen LogP contribution in [0.1, 0.15) is 0 Å². The van der Waals surface area contributed by atoms with Crippen LogP contribution in [-0.2, 0) is 4.74 Å². The highest BCUT2D eigenvalue weighted by molar-refractivity contribution is 5.92. The molecule has 7 nitrogen and oxygen atoms in total. The Labute approximate surface area is 172 Å². The van der Waals surface area contributed by atoms with Crippen molar-refractivity contribution in [3.05, 3.63) is 67.0 Å². The van der Waals surface area contributed by atoms with Gasteiger partial charge in [0.05, 0.1) is 42.5 Å². The summed E-state index contributed by atoms with van der Waals surface area (Å²) in [7, 11) is 0. The van der Waals surface area contributed by atoms with Gasteiger partial charge in [0.15, 0.2) is 5.82 Å². The summed E-state index contributed by atoms with van der Waals surface area (Å²) in [5, 5.41) is 3.83. The van der Waals surface area contributed by atoms with Gasteiger partial charge in [-0.1, -0.05) is 18.2 Å². The van der Waals surface area contributed by atoms with Gasteiger partial charge < -0.3 is 15.0 Å². The van der Waals surface area contributed by atoms with Gasteiger partial charge >= 0.3 is 0 Å². The summed E-state index contributed by atoms with van der Waals surface area (Å²) in [6.07, 6.45) is 5.13. The summed E-state index contributed by atoms with van der Waals surface area (Å²) in [6, 6.07) is 12.2. The lowest BCUT2D eigenvalue weighted by molar-refractivity contribution is 0.122. The summed E-state index contributed by atoms with van der Waals surface area (Å²) in [4.78, 5) is 19.9. The number of fused-ring (bicyclic) bond motifs is 1. The van der Waals surface area contributed by atoms with E-state index in [0.29, 0.717) is 17.3 Å². The van der Waals surface area contributed by atoms with Gasteiger partial charge in [0, 0.05) is 24.0 Å².